The third-order valence-electron chi connectivity index (χ3n) is 3.02. The Hall–Kier alpha value is -2.22. The zero-order chi connectivity index (χ0) is 17.2. The molecular formula is C15H19F2NO5. The van der Waals surface area contributed by atoms with Crippen LogP contribution in [0.1, 0.15) is 12.0 Å². The average Bonchev–Trinajstić information content (AvgIpc) is 2.48. The molecule has 128 valence electrons. The van der Waals surface area contributed by atoms with Crippen LogP contribution in [0.5, 0.6) is 5.75 Å². The molecule has 0 spiro atoms. The molecule has 0 aliphatic heterocycles. The molecule has 1 N–H and O–H groups in total. The number of alkyl halides is 2. The van der Waals surface area contributed by atoms with Gasteiger partial charge in [0.05, 0.1) is 19.4 Å². The van der Waals surface area contributed by atoms with E-state index in [-0.39, 0.29) is 37.6 Å². The van der Waals surface area contributed by atoms with Crippen molar-refractivity contribution in [3.05, 3.63) is 29.8 Å². The third-order valence-corrected chi connectivity index (χ3v) is 3.02. The summed E-state index contributed by atoms with van der Waals surface area (Å²) in [4.78, 5) is 24.3. The second-order valence-electron chi connectivity index (χ2n) is 4.72. The van der Waals surface area contributed by atoms with E-state index in [4.69, 9.17) is 9.84 Å². The van der Waals surface area contributed by atoms with Crippen LogP contribution >= 0.6 is 0 Å². The van der Waals surface area contributed by atoms with Crippen molar-refractivity contribution in [2.24, 2.45) is 0 Å². The van der Waals surface area contributed by atoms with Crippen LogP contribution in [0.2, 0.25) is 0 Å². The summed E-state index contributed by atoms with van der Waals surface area (Å²) < 4.78 is 33.3. The monoisotopic (exact) mass is 331 g/mol. The van der Waals surface area contributed by atoms with Crippen molar-refractivity contribution < 1.29 is 33.0 Å². The van der Waals surface area contributed by atoms with Gasteiger partial charge in [0.1, 0.15) is 5.75 Å². The number of aliphatic carboxylic acids is 1. The first-order valence-electron chi connectivity index (χ1n) is 6.94. The van der Waals surface area contributed by atoms with Crippen LogP contribution in [0.15, 0.2) is 24.3 Å². The Morgan fingerprint density at radius 3 is 2.39 bits per heavy atom. The molecule has 0 aliphatic rings. The predicted molar refractivity (Wildman–Crippen MR) is 77.5 cm³/mol. The molecule has 0 bridgehead atoms. The fourth-order valence-corrected chi connectivity index (χ4v) is 1.87. The second-order valence-corrected chi connectivity index (χ2v) is 4.72. The largest absolute Gasteiger partial charge is 0.481 e. The van der Waals surface area contributed by atoms with Gasteiger partial charge in [0.2, 0.25) is 5.91 Å². The van der Waals surface area contributed by atoms with Crippen molar-refractivity contribution in [2.45, 2.75) is 19.5 Å². The summed E-state index contributed by atoms with van der Waals surface area (Å²) in [6.45, 7) is -2.23. The lowest BCUT2D eigenvalue weighted by Gasteiger charge is -2.21. The summed E-state index contributed by atoms with van der Waals surface area (Å²) in [7, 11) is 1.49. The zero-order valence-electron chi connectivity index (χ0n) is 12.7. The molecule has 6 nitrogen and oxygen atoms in total. The molecule has 0 saturated heterocycles. The van der Waals surface area contributed by atoms with E-state index in [1.807, 2.05) is 0 Å². The predicted octanol–water partition coefficient (Wildman–Crippen LogP) is 1.78. The molecule has 0 radical (unpaired) electrons. The highest BCUT2D eigenvalue weighted by Crippen LogP contribution is 2.15. The lowest BCUT2D eigenvalue weighted by Crippen LogP contribution is -2.36. The summed E-state index contributed by atoms with van der Waals surface area (Å²) in [5, 5.41) is 8.72. The van der Waals surface area contributed by atoms with Gasteiger partial charge in [0.15, 0.2) is 0 Å². The number of carboxylic acids is 1. The molecule has 23 heavy (non-hydrogen) atoms. The van der Waals surface area contributed by atoms with Crippen LogP contribution in [0.25, 0.3) is 0 Å². The fraction of sp³-hybridized carbons (Fsp3) is 0.467. The van der Waals surface area contributed by atoms with Crippen LogP contribution in [0, 0.1) is 0 Å². The first-order chi connectivity index (χ1) is 10.9. The average molecular weight is 331 g/mol. The number of carboxylic acid groups (broad SMARTS) is 1. The summed E-state index contributed by atoms with van der Waals surface area (Å²) in [6.07, 6.45) is -0.116. The van der Waals surface area contributed by atoms with E-state index in [2.05, 4.69) is 4.74 Å². The summed E-state index contributed by atoms with van der Waals surface area (Å²) in [5.41, 5.74) is 0.620. The van der Waals surface area contributed by atoms with E-state index in [1.165, 1.54) is 36.3 Å². The number of carbonyl (C=O) groups is 2. The van der Waals surface area contributed by atoms with Gasteiger partial charge in [-0.15, -0.1) is 0 Å². The van der Waals surface area contributed by atoms with Crippen LogP contribution in [-0.2, 0) is 20.7 Å². The maximum atomic E-state index is 12.2. The number of benzene rings is 1. The normalized spacial score (nSPS) is 10.6. The highest BCUT2D eigenvalue weighted by Gasteiger charge is 2.15. The van der Waals surface area contributed by atoms with E-state index < -0.39 is 12.6 Å². The van der Waals surface area contributed by atoms with E-state index >= 15 is 0 Å². The Balaban J connectivity index is 2.63. The van der Waals surface area contributed by atoms with Gasteiger partial charge in [-0.1, -0.05) is 12.1 Å². The molecule has 8 heteroatoms. The Morgan fingerprint density at radius 2 is 1.87 bits per heavy atom. The standard InChI is InChI=1S/C15H19F2NO5/c1-22-9-8-18(7-6-14(20)21)13(19)10-11-2-4-12(5-3-11)23-15(16)17/h2-5,15H,6-10H2,1H3,(H,20,21). The number of halogens is 2. The van der Waals surface area contributed by atoms with Crippen LogP contribution in [0.4, 0.5) is 8.78 Å². The van der Waals surface area contributed by atoms with Gasteiger partial charge in [0.25, 0.3) is 0 Å². The van der Waals surface area contributed by atoms with Gasteiger partial charge in [-0.3, -0.25) is 9.59 Å². The topological polar surface area (TPSA) is 76.1 Å². The minimum Gasteiger partial charge on any atom is -0.481 e. The molecule has 0 fully saturated rings. The van der Waals surface area contributed by atoms with Gasteiger partial charge in [-0.2, -0.15) is 8.78 Å². The highest BCUT2D eigenvalue weighted by atomic mass is 19.3. The highest BCUT2D eigenvalue weighted by molar-refractivity contribution is 5.79. The molecule has 0 atom stereocenters. The Kier molecular flexibility index (Phi) is 7.96. The number of carbonyl (C=O) groups excluding carboxylic acids is 1. The molecule has 1 aromatic rings. The van der Waals surface area contributed by atoms with Crippen molar-refractivity contribution >= 4 is 11.9 Å². The molecule has 0 heterocycles. The van der Waals surface area contributed by atoms with E-state index in [1.54, 1.807) is 0 Å². The fourth-order valence-electron chi connectivity index (χ4n) is 1.87. The van der Waals surface area contributed by atoms with Gasteiger partial charge in [-0.25, -0.2) is 0 Å². The third kappa shape index (κ3) is 7.55. The van der Waals surface area contributed by atoms with Crippen LogP contribution in [0.3, 0.4) is 0 Å². The van der Waals surface area contributed by atoms with Crippen molar-refractivity contribution in [1.29, 1.82) is 0 Å². The molecule has 0 aromatic heterocycles. The van der Waals surface area contributed by atoms with Crippen LogP contribution in [-0.4, -0.2) is 55.3 Å². The van der Waals surface area contributed by atoms with Crippen molar-refractivity contribution in [2.75, 3.05) is 26.8 Å². The maximum absolute atomic E-state index is 12.2. The lowest BCUT2D eigenvalue weighted by molar-refractivity contribution is -0.138. The molecule has 0 aliphatic carbocycles. The van der Waals surface area contributed by atoms with E-state index in [9.17, 15) is 18.4 Å². The number of amides is 1. The molecule has 1 amide bonds. The SMILES string of the molecule is COCCN(CCC(=O)O)C(=O)Cc1ccc(OC(F)F)cc1. The Labute approximate surface area is 132 Å². The van der Waals surface area contributed by atoms with E-state index in [0.29, 0.717) is 12.2 Å². The number of methoxy groups -OCH3 is 1. The lowest BCUT2D eigenvalue weighted by atomic mass is 10.1. The molecule has 1 aromatic carbocycles. The summed E-state index contributed by atoms with van der Waals surface area (Å²) in [6, 6.07) is 5.74. The number of hydrogen-bond donors (Lipinski definition) is 1. The quantitative estimate of drug-likeness (QED) is 0.707. The minimum atomic E-state index is -2.90. The summed E-state index contributed by atoms with van der Waals surface area (Å²) in [5.74, 6) is -1.24. The minimum absolute atomic E-state index is 0.0123. The van der Waals surface area contributed by atoms with E-state index in [0.717, 1.165) is 0 Å². The Bertz CT molecular complexity index is 507. The number of rotatable bonds is 10. The maximum Gasteiger partial charge on any atom is 0.387 e. The molecule has 0 unspecified atom stereocenters. The van der Waals surface area contributed by atoms with Crippen molar-refractivity contribution in [3.63, 3.8) is 0 Å². The number of ether oxygens (including phenoxy) is 2. The zero-order valence-corrected chi connectivity index (χ0v) is 12.7. The number of nitrogens with zero attached hydrogens (tertiary/aromatic N) is 1. The summed E-state index contributed by atoms with van der Waals surface area (Å²) >= 11 is 0. The molecular weight excluding hydrogens is 312 g/mol. The molecule has 1 rings (SSSR count). The van der Waals surface area contributed by atoms with Gasteiger partial charge in [-0.05, 0) is 17.7 Å². The van der Waals surface area contributed by atoms with Crippen molar-refractivity contribution in [1.82, 2.24) is 4.90 Å². The van der Waals surface area contributed by atoms with Crippen molar-refractivity contribution in [3.8, 4) is 5.75 Å². The number of hydrogen-bond acceptors (Lipinski definition) is 4. The smallest absolute Gasteiger partial charge is 0.387 e. The second kappa shape index (κ2) is 9.73. The van der Waals surface area contributed by atoms with Crippen LogP contribution < -0.4 is 4.74 Å². The first-order valence-corrected chi connectivity index (χ1v) is 6.94. The molecule has 0 saturated carbocycles. The van der Waals surface area contributed by atoms with Gasteiger partial charge in [0, 0.05) is 20.2 Å². The first kappa shape index (κ1) is 18.8. The van der Waals surface area contributed by atoms with Gasteiger partial charge < -0.3 is 19.5 Å². The Morgan fingerprint density at radius 1 is 1.22 bits per heavy atom. The van der Waals surface area contributed by atoms with Gasteiger partial charge >= 0.3 is 12.6 Å².